The summed E-state index contributed by atoms with van der Waals surface area (Å²) in [6.07, 6.45) is 8.06. The van der Waals surface area contributed by atoms with Crippen molar-refractivity contribution in [1.82, 2.24) is 0 Å². The van der Waals surface area contributed by atoms with Crippen LogP contribution in [0.15, 0.2) is 28.3 Å². The zero-order chi connectivity index (χ0) is 6.97. The first-order valence-electron chi connectivity index (χ1n) is 3.21. The lowest BCUT2D eigenvalue weighted by atomic mass is 10.0. The van der Waals surface area contributed by atoms with Crippen LogP contribution < -0.4 is 5.73 Å². The number of allylic oxidation sites excluding steroid dienone is 2. The average molecular weight is 152 g/mol. The molecule has 2 aliphatic rings. The minimum absolute atomic E-state index is 0.440. The van der Waals surface area contributed by atoms with Crippen molar-refractivity contribution in [2.45, 2.75) is 5.25 Å². The number of nitrogens with zero attached hydrogens (tertiary/aromatic N) is 1. The molecular formula is C7H8N2S. The largest absolute Gasteiger partial charge is 0.399 e. The maximum atomic E-state index is 5.59. The number of hydrogen-bond donors (Lipinski definition) is 1. The summed E-state index contributed by atoms with van der Waals surface area (Å²) in [6, 6.07) is 0. The molecule has 3 heteroatoms. The molecule has 2 atom stereocenters. The molecule has 2 N–H and O–H groups in total. The average Bonchev–Trinajstić information content (AvgIpc) is 2.33. The molecule has 0 bridgehead atoms. The highest BCUT2D eigenvalue weighted by atomic mass is 32.2. The number of hydrogen-bond acceptors (Lipinski definition) is 3. The molecule has 1 aliphatic carbocycles. The summed E-state index contributed by atoms with van der Waals surface area (Å²) in [5.41, 5.74) is 6.45. The van der Waals surface area contributed by atoms with Crippen molar-refractivity contribution >= 4 is 18.2 Å². The minimum atomic E-state index is 0.440. The van der Waals surface area contributed by atoms with Crippen LogP contribution in [0.2, 0.25) is 0 Å². The highest BCUT2D eigenvalue weighted by Crippen LogP contribution is 2.31. The zero-order valence-corrected chi connectivity index (χ0v) is 6.21. The standard InChI is InChI=1S/C7H8N2S/c8-6-1-2-7-5(3-6)4-9-10-7/h1-5,7H,8H2. The third-order valence-electron chi connectivity index (χ3n) is 1.66. The van der Waals surface area contributed by atoms with Crippen LogP contribution in [0.5, 0.6) is 0 Å². The van der Waals surface area contributed by atoms with Crippen molar-refractivity contribution in [2.75, 3.05) is 0 Å². The molecular weight excluding hydrogens is 144 g/mol. The van der Waals surface area contributed by atoms with Crippen molar-refractivity contribution < 1.29 is 0 Å². The molecule has 0 spiro atoms. The van der Waals surface area contributed by atoms with E-state index in [1.165, 1.54) is 0 Å². The van der Waals surface area contributed by atoms with E-state index >= 15 is 0 Å². The molecule has 0 amide bonds. The van der Waals surface area contributed by atoms with E-state index in [1.54, 1.807) is 11.9 Å². The molecule has 2 nitrogen and oxygen atoms in total. The summed E-state index contributed by atoms with van der Waals surface area (Å²) < 4.78 is 4.10. The second kappa shape index (κ2) is 2.16. The first kappa shape index (κ1) is 6.04. The SMILES string of the molecule is NC1=CC2C=NSC2C=C1. The summed E-state index contributed by atoms with van der Waals surface area (Å²) >= 11 is 1.61. The van der Waals surface area contributed by atoms with Crippen LogP contribution >= 0.6 is 11.9 Å². The summed E-state index contributed by atoms with van der Waals surface area (Å²) in [6.45, 7) is 0. The van der Waals surface area contributed by atoms with E-state index < -0.39 is 0 Å². The van der Waals surface area contributed by atoms with Gasteiger partial charge in [-0.2, -0.15) is 0 Å². The fourth-order valence-corrected chi connectivity index (χ4v) is 1.91. The highest BCUT2D eigenvalue weighted by Gasteiger charge is 2.23. The van der Waals surface area contributed by atoms with Crippen LogP contribution in [0, 0.1) is 5.92 Å². The van der Waals surface area contributed by atoms with Crippen molar-refractivity contribution in [1.29, 1.82) is 0 Å². The van der Waals surface area contributed by atoms with Crippen molar-refractivity contribution in [3.63, 3.8) is 0 Å². The van der Waals surface area contributed by atoms with Gasteiger partial charge in [-0.3, -0.25) is 0 Å². The molecule has 0 aromatic carbocycles. The van der Waals surface area contributed by atoms with Crippen LogP contribution in [0.3, 0.4) is 0 Å². The maximum absolute atomic E-state index is 5.59. The molecule has 52 valence electrons. The minimum Gasteiger partial charge on any atom is -0.399 e. The molecule has 0 saturated heterocycles. The van der Waals surface area contributed by atoms with Crippen LogP contribution in [-0.4, -0.2) is 11.5 Å². The Bertz CT molecular complexity index is 230. The van der Waals surface area contributed by atoms with Gasteiger partial charge < -0.3 is 5.73 Å². The van der Waals surface area contributed by atoms with Gasteiger partial charge in [0.2, 0.25) is 0 Å². The molecule has 2 rings (SSSR count). The smallest absolute Gasteiger partial charge is 0.0563 e. The van der Waals surface area contributed by atoms with Gasteiger partial charge in [-0.15, -0.1) is 0 Å². The highest BCUT2D eigenvalue weighted by molar-refractivity contribution is 7.99. The number of nitrogens with two attached hydrogens (primary N) is 1. The molecule has 0 radical (unpaired) electrons. The van der Waals surface area contributed by atoms with Crippen molar-refractivity contribution in [2.24, 2.45) is 16.0 Å². The Labute approximate surface area is 64.0 Å². The van der Waals surface area contributed by atoms with Gasteiger partial charge >= 0.3 is 0 Å². The maximum Gasteiger partial charge on any atom is 0.0563 e. The van der Waals surface area contributed by atoms with Crippen LogP contribution in [0.4, 0.5) is 0 Å². The molecule has 0 fully saturated rings. The fourth-order valence-electron chi connectivity index (χ4n) is 1.12. The summed E-state index contributed by atoms with van der Waals surface area (Å²) in [7, 11) is 0. The summed E-state index contributed by atoms with van der Waals surface area (Å²) in [5.74, 6) is 0.440. The van der Waals surface area contributed by atoms with Gasteiger partial charge in [0.25, 0.3) is 0 Å². The topological polar surface area (TPSA) is 38.4 Å². The van der Waals surface area contributed by atoms with Crippen LogP contribution in [0.1, 0.15) is 0 Å². The Morgan fingerprint density at radius 1 is 1.60 bits per heavy atom. The molecule has 0 saturated carbocycles. The van der Waals surface area contributed by atoms with Crippen LogP contribution in [0.25, 0.3) is 0 Å². The number of fused-ring (bicyclic) bond motifs is 1. The van der Waals surface area contributed by atoms with Gasteiger partial charge in [0.15, 0.2) is 0 Å². The van der Waals surface area contributed by atoms with E-state index in [0.717, 1.165) is 5.70 Å². The Morgan fingerprint density at radius 3 is 3.40 bits per heavy atom. The summed E-state index contributed by atoms with van der Waals surface area (Å²) in [4.78, 5) is 0. The van der Waals surface area contributed by atoms with E-state index in [9.17, 15) is 0 Å². The Hall–Kier alpha value is -0.700. The molecule has 1 aliphatic heterocycles. The van der Waals surface area contributed by atoms with E-state index in [4.69, 9.17) is 5.73 Å². The monoisotopic (exact) mass is 152 g/mol. The summed E-state index contributed by atoms with van der Waals surface area (Å²) in [5, 5.41) is 0.507. The first-order valence-corrected chi connectivity index (χ1v) is 4.05. The van der Waals surface area contributed by atoms with Gasteiger partial charge in [0, 0.05) is 17.8 Å². The van der Waals surface area contributed by atoms with E-state index in [1.807, 2.05) is 18.4 Å². The normalized spacial score (nSPS) is 35.8. The molecule has 1 heterocycles. The molecule has 0 aromatic heterocycles. The zero-order valence-electron chi connectivity index (χ0n) is 5.40. The predicted octanol–water partition coefficient (Wildman–Crippen LogP) is 1.12. The third kappa shape index (κ3) is 0.865. The molecule has 2 unspecified atom stereocenters. The second-order valence-corrected chi connectivity index (χ2v) is 3.39. The second-order valence-electron chi connectivity index (χ2n) is 2.43. The lowest BCUT2D eigenvalue weighted by Crippen LogP contribution is -2.15. The first-order chi connectivity index (χ1) is 4.86. The van der Waals surface area contributed by atoms with Gasteiger partial charge in [0.1, 0.15) is 0 Å². The Balaban J connectivity index is 2.26. The van der Waals surface area contributed by atoms with Crippen LogP contribution in [-0.2, 0) is 0 Å². The molecule has 0 aromatic rings. The Morgan fingerprint density at radius 2 is 2.50 bits per heavy atom. The Kier molecular flexibility index (Phi) is 1.31. The van der Waals surface area contributed by atoms with Gasteiger partial charge in [-0.25, -0.2) is 4.40 Å². The van der Waals surface area contributed by atoms with Gasteiger partial charge in [-0.05, 0) is 18.0 Å². The molecule has 10 heavy (non-hydrogen) atoms. The lowest BCUT2D eigenvalue weighted by Gasteiger charge is -2.13. The fraction of sp³-hybridized carbons (Fsp3) is 0.286. The predicted molar refractivity (Wildman–Crippen MR) is 44.8 cm³/mol. The lowest BCUT2D eigenvalue weighted by molar-refractivity contribution is 0.908. The third-order valence-corrected chi connectivity index (χ3v) is 2.62. The van der Waals surface area contributed by atoms with E-state index in [-0.39, 0.29) is 0 Å². The van der Waals surface area contributed by atoms with Gasteiger partial charge in [-0.1, -0.05) is 12.2 Å². The van der Waals surface area contributed by atoms with Crippen molar-refractivity contribution in [3.8, 4) is 0 Å². The van der Waals surface area contributed by atoms with E-state index in [0.29, 0.717) is 11.2 Å². The quantitative estimate of drug-likeness (QED) is 0.528. The van der Waals surface area contributed by atoms with Crippen molar-refractivity contribution in [3.05, 3.63) is 23.9 Å². The van der Waals surface area contributed by atoms with Gasteiger partial charge in [0.05, 0.1) is 5.25 Å². The number of rotatable bonds is 0. The van der Waals surface area contributed by atoms with E-state index in [2.05, 4.69) is 10.5 Å².